The van der Waals surface area contributed by atoms with E-state index in [9.17, 15) is 9.59 Å². The van der Waals surface area contributed by atoms with E-state index in [0.29, 0.717) is 16.5 Å². The molecule has 0 aliphatic carbocycles. The molecule has 7 heteroatoms. The molecular weight excluding hydrogens is 378 g/mol. The molecule has 1 fully saturated rings. The molecule has 0 spiro atoms. The summed E-state index contributed by atoms with van der Waals surface area (Å²) in [4.78, 5) is 25.6. The number of rotatable bonds is 6. The zero-order valence-electron chi connectivity index (χ0n) is 15.8. The van der Waals surface area contributed by atoms with Crippen molar-refractivity contribution in [1.82, 2.24) is 0 Å². The van der Waals surface area contributed by atoms with E-state index in [1.165, 1.54) is 0 Å². The lowest BCUT2D eigenvalue weighted by molar-refractivity contribution is -0.122. The van der Waals surface area contributed by atoms with E-state index in [4.69, 9.17) is 22.1 Å². The Bertz CT molecular complexity index is 846. The van der Waals surface area contributed by atoms with Gasteiger partial charge in [0.1, 0.15) is 5.75 Å². The van der Waals surface area contributed by atoms with Crippen LogP contribution in [-0.4, -0.2) is 31.5 Å². The van der Waals surface area contributed by atoms with Crippen LogP contribution in [0.15, 0.2) is 42.5 Å². The van der Waals surface area contributed by atoms with Crippen molar-refractivity contribution in [3.8, 4) is 5.75 Å². The predicted octanol–water partition coefficient (Wildman–Crippen LogP) is 3.37. The Morgan fingerprint density at radius 3 is 2.46 bits per heavy atom. The molecule has 1 aliphatic heterocycles. The first-order chi connectivity index (χ1) is 13.4. The summed E-state index contributed by atoms with van der Waals surface area (Å²) in [6.07, 6.45) is 1.55. The van der Waals surface area contributed by atoms with Crippen LogP contribution in [0.25, 0.3) is 0 Å². The molecule has 3 N–H and O–H groups in total. The molecule has 1 aliphatic rings. The fourth-order valence-electron chi connectivity index (χ4n) is 3.29. The number of hydrogen-bond acceptors (Lipinski definition) is 4. The van der Waals surface area contributed by atoms with Crippen molar-refractivity contribution in [3.05, 3.63) is 53.1 Å². The Hall–Kier alpha value is -2.73. The molecule has 148 valence electrons. The summed E-state index contributed by atoms with van der Waals surface area (Å²) in [6.45, 7) is 3.40. The summed E-state index contributed by atoms with van der Waals surface area (Å²) < 4.78 is 5.56. The molecule has 0 aromatic heterocycles. The molecule has 0 unspecified atom stereocenters. The normalized spacial score (nSPS) is 14.6. The molecule has 1 heterocycles. The van der Waals surface area contributed by atoms with Crippen LogP contribution in [0.1, 0.15) is 18.4 Å². The first kappa shape index (κ1) is 20.0. The highest BCUT2D eigenvalue weighted by molar-refractivity contribution is 6.30. The van der Waals surface area contributed by atoms with Gasteiger partial charge in [0.25, 0.3) is 5.91 Å². The summed E-state index contributed by atoms with van der Waals surface area (Å²) in [5.41, 5.74) is 8.03. The quantitative estimate of drug-likeness (QED) is 0.777. The second-order valence-electron chi connectivity index (χ2n) is 6.96. The minimum absolute atomic E-state index is 0.0286. The van der Waals surface area contributed by atoms with E-state index < -0.39 is 0 Å². The number of carbonyl (C=O) groups excluding carboxylic acids is 2. The highest BCUT2D eigenvalue weighted by Gasteiger charge is 2.23. The fraction of sp³-hybridized carbons (Fsp3) is 0.333. The SMILES string of the molecule is Cc1cc(Cl)ccc1OCC(=O)Nc1ccc(N2CCC(C(N)=O)CC2)cc1. The molecule has 6 nitrogen and oxygen atoms in total. The highest BCUT2D eigenvalue weighted by atomic mass is 35.5. The summed E-state index contributed by atoms with van der Waals surface area (Å²) in [5, 5.41) is 3.46. The third kappa shape index (κ3) is 5.16. The van der Waals surface area contributed by atoms with Crippen LogP contribution in [0.5, 0.6) is 5.75 Å². The second kappa shape index (κ2) is 8.97. The number of hydrogen-bond donors (Lipinski definition) is 2. The molecule has 2 aromatic rings. The lowest BCUT2D eigenvalue weighted by Crippen LogP contribution is -2.38. The lowest BCUT2D eigenvalue weighted by atomic mass is 9.96. The van der Waals surface area contributed by atoms with Gasteiger partial charge in [0.2, 0.25) is 5.91 Å². The second-order valence-corrected chi connectivity index (χ2v) is 7.39. The Labute approximate surface area is 169 Å². The number of benzene rings is 2. The van der Waals surface area contributed by atoms with Crippen molar-refractivity contribution in [2.24, 2.45) is 11.7 Å². The number of nitrogens with two attached hydrogens (primary N) is 1. The number of primary amides is 1. The van der Waals surface area contributed by atoms with Crippen LogP contribution in [0.3, 0.4) is 0 Å². The molecule has 1 saturated heterocycles. The van der Waals surface area contributed by atoms with Crippen LogP contribution >= 0.6 is 11.6 Å². The predicted molar refractivity (Wildman–Crippen MR) is 111 cm³/mol. The molecule has 0 bridgehead atoms. The first-order valence-corrected chi connectivity index (χ1v) is 9.63. The largest absolute Gasteiger partial charge is 0.483 e. The summed E-state index contributed by atoms with van der Waals surface area (Å²) in [6, 6.07) is 12.9. The first-order valence-electron chi connectivity index (χ1n) is 9.25. The Kier molecular flexibility index (Phi) is 6.41. The summed E-state index contributed by atoms with van der Waals surface area (Å²) in [5.74, 6) is 0.159. The number of amides is 2. The molecule has 0 radical (unpaired) electrons. The van der Waals surface area contributed by atoms with Crippen LogP contribution < -0.4 is 20.7 Å². The van der Waals surface area contributed by atoms with E-state index in [-0.39, 0.29) is 24.3 Å². The van der Waals surface area contributed by atoms with Crippen molar-refractivity contribution < 1.29 is 14.3 Å². The highest BCUT2D eigenvalue weighted by Crippen LogP contribution is 2.25. The van der Waals surface area contributed by atoms with Crippen molar-refractivity contribution in [1.29, 1.82) is 0 Å². The Morgan fingerprint density at radius 1 is 1.18 bits per heavy atom. The van der Waals surface area contributed by atoms with Crippen molar-refractivity contribution in [2.45, 2.75) is 19.8 Å². The number of aryl methyl sites for hydroxylation is 1. The molecule has 2 amide bonds. The fourth-order valence-corrected chi connectivity index (χ4v) is 3.52. The number of ether oxygens (including phenoxy) is 1. The van der Waals surface area contributed by atoms with Gasteiger partial charge in [-0.3, -0.25) is 9.59 Å². The van der Waals surface area contributed by atoms with Gasteiger partial charge in [-0.05, 0) is 67.8 Å². The average Bonchev–Trinajstić information content (AvgIpc) is 2.68. The zero-order chi connectivity index (χ0) is 20.1. The lowest BCUT2D eigenvalue weighted by Gasteiger charge is -2.32. The van der Waals surface area contributed by atoms with Gasteiger partial charge in [0.05, 0.1) is 0 Å². The van der Waals surface area contributed by atoms with E-state index in [1.807, 2.05) is 31.2 Å². The molecule has 0 atom stereocenters. The molecular formula is C21H24ClN3O3. The van der Waals surface area contributed by atoms with Gasteiger partial charge in [-0.1, -0.05) is 11.6 Å². The van der Waals surface area contributed by atoms with Gasteiger partial charge in [0, 0.05) is 35.4 Å². The van der Waals surface area contributed by atoms with Gasteiger partial charge < -0.3 is 20.7 Å². The van der Waals surface area contributed by atoms with Crippen LogP contribution in [0.2, 0.25) is 5.02 Å². The topological polar surface area (TPSA) is 84.7 Å². The monoisotopic (exact) mass is 401 g/mol. The third-order valence-electron chi connectivity index (χ3n) is 4.91. The number of halogens is 1. The Morgan fingerprint density at radius 2 is 1.86 bits per heavy atom. The number of piperidine rings is 1. The molecule has 0 saturated carbocycles. The maximum absolute atomic E-state index is 12.1. The Balaban J connectivity index is 1.50. The number of anilines is 2. The smallest absolute Gasteiger partial charge is 0.262 e. The molecule has 2 aromatic carbocycles. The molecule has 3 rings (SSSR count). The minimum Gasteiger partial charge on any atom is -0.483 e. The molecule has 28 heavy (non-hydrogen) atoms. The van der Waals surface area contributed by atoms with Crippen LogP contribution in [-0.2, 0) is 9.59 Å². The van der Waals surface area contributed by atoms with Gasteiger partial charge in [0.15, 0.2) is 6.61 Å². The van der Waals surface area contributed by atoms with Crippen LogP contribution in [0.4, 0.5) is 11.4 Å². The third-order valence-corrected chi connectivity index (χ3v) is 5.14. The van der Waals surface area contributed by atoms with E-state index in [2.05, 4.69) is 10.2 Å². The number of nitrogens with one attached hydrogen (secondary N) is 1. The summed E-state index contributed by atoms with van der Waals surface area (Å²) >= 11 is 5.92. The van der Waals surface area contributed by atoms with Gasteiger partial charge in [-0.2, -0.15) is 0 Å². The van der Waals surface area contributed by atoms with E-state index in [0.717, 1.165) is 37.2 Å². The maximum atomic E-state index is 12.1. The van der Waals surface area contributed by atoms with E-state index in [1.54, 1.807) is 18.2 Å². The van der Waals surface area contributed by atoms with Crippen LogP contribution in [0, 0.1) is 12.8 Å². The van der Waals surface area contributed by atoms with Gasteiger partial charge in [-0.15, -0.1) is 0 Å². The van der Waals surface area contributed by atoms with Crippen molar-refractivity contribution >= 4 is 34.8 Å². The number of carbonyl (C=O) groups is 2. The number of nitrogens with zero attached hydrogens (tertiary/aromatic N) is 1. The van der Waals surface area contributed by atoms with Gasteiger partial charge in [-0.25, -0.2) is 0 Å². The summed E-state index contributed by atoms with van der Waals surface area (Å²) in [7, 11) is 0. The zero-order valence-corrected chi connectivity index (χ0v) is 16.5. The average molecular weight is 402 g/mol. The van der Waals surface area contributed by atoms with E-state index >= 15 is 0 Å². The minimum atomic E-state index is -0.232. The maximum Gasteiger partial charge on any atom is 0.262 e. The van der Waals surface area contributed by atoms with Crippen molar-refractivity contribution in [3.63, 3.8) is 0 Å². The van der Waals surface area contributed by atoms with Gasteiger partial charge >= 0.3 is 0 Å². The standard InChI is InChI=1S/C21H24ClN3O3/c1-14-12-16(22)2-7-19(14)28-13-20(26)24-17-3-5-18(6-4-17)25-10-8-15(9-11-25)21(23)27/h2-7,12,15H,8-11,13H2,1H3,(H2,23,27)(H,24,26). The van der Waals surface area contributed by atoms with Crippen molar-refractivity contribution in [2.75, 3.05) is 29.9 Å².